The van der Waals surface area contributed by atoms with Gasteiger partial charge in [-0.15, -0.1) is 0 Å². The van der Waals surface area contributed by atoms with Crippen LogP contribution in [0.3, 0.4) is 0 Å². The van der Waals surface area contributed by atoms with Gasteiger partial charge in [-0.3, -0.25) is 4.79 Å². The van der Waals surface area contributed by atoms with Crippen LogP contribution >= 0.6 is 12.6 Å². The molecule has 0 atom stereocenters. The maximum absolute atomic E-state index is 11.7. The van der Waals surface area contributed by atoms with Gasteiger partial charge in [0.2, 0.25) is 12.7 Å². The fraction of sp³-hybridized carbons (Fsp3) is 0.462. The summed E-state index contributed by atoms with van der Waals surface area (Å²) in [4.78, 5) is 13.4. The second kappa shape index (κ2) is 5.52. The number of rotatable bonds is 4. The predicted molar refractivity (Wildman–Crippen MR) is 72.2 cm³/mol. The van der Waals surface area contributed by atoms with Gasteiger partial charge in [-0.1, -0.05) is 0 Å². The zero-order chi connectivity index (χ0) is 13.1. The predicted octanol–water partition coefficient (Wildman–Crippen LogP) is 2.00. The van der Waals surface area contributed by atoms with Gasteiger partial charge in [-0.2, -0.15) is 12.6 Å². The molecule has 1 heterocycles. The third-order valence-electron chi connectivity index (χ3n) is 2.99. The molecule has 0 radical (unpaired) electrons. The van der Waals surface area contributed by atoms with Crippen molar-refractivity contribution < 1.29 is 14.3 Å². The van der Waals surface area contributed by atoms with E-state index < -0.39 is 0 Å². The SMILES string of the molecule is Cc1cc2c(cc1CN(C)C(=O)CCS)OCO2. The van der Waals surface area contributed by atoms with Crippen LogP contribution in [0, 0.1) is 6.92 Å². The van der Waals surface area contributed by atoms with E-state index in [0.29, 0.717) is 18.7 Å². The van der Waals surface area contributed by atoms with Gasteiger partial charge < -0.3 is 14.4 Å². The highest BCUT2D eigenvalue weighted by Gasteiger charge is 2.17. The Labute approximate surface area is 112 Å². The molecule has 1 aromatic carbocycles. The maximum atomic E-state index is 11.7. The van der Waals surface area contributed by atoms with Crippen molar-refractivity contribution in [3.05, 3.63) is 23.3 Å². The van der Waals surface area contributed by atoms with Gasteiger partial charge in [0.05, 0.1) is 0 Å². The molecule has 98 valence electrons. The normalized spacial score (nSPS) is 12.6. The first-order valence-corrected chi connectivity index (χ1v) is 6.49. The van der Waals surface area contributed by atoms with Gasteiger partial charge >= 0.3 is 0 Å². The molecule has 0 bridgehead atoms. The third-order valence-corrected chi connectivity index (χ3v) is 3.21. The van der Waals surface area contributed by atoms with Crippen LogP contribution in [0.25, 0.3) is 0 Å². The molecule has 0 N–H and O–H groups in total. The molecule has 0 fully saturated rings. The minimum Gasteiger partial charge on any atom is -0.454 e. The van der Waals surface area contributed by atoms with E-state index in [-0.39, 0.29) is 12.7 Å². The standard InChI is InChI=1S/C13H17NO3S/c1-9-5-11-12(17-8-16-11)6-10(9)7-14(2)13(15)3-4-18/h5-6,18H,3-4,7-8H2,1-2H3. The Morgan fingerprint density at radius 2 is 2.06 bits per heavy atom. The summed E-state index contributed by atoms with van der Waals surface area (Å²) >= 11 is 4.07. The minimum atomic E-state index is 0.0991. The van der Waals surface area contributed by atoms with Crippen molar-refractivity contribution in [2.75, 3.05) is 19.6 Å². The molecule has 0 aliphatic carbocycles. The molecule has 0 saturated carbocycles. The molecule has 1 aromatic rings. The van der Waals surface area contributed by atoms with Crippen LogP contribution in [-0.4, -0.2) is 30.4 Å². The van der Waals surface area contributed by atoms with E-state index in [0.717, 1.165) is 22.6 Å². The summed E-state index contributed by atoms with van der Waals surface area (Å²) in [6.07, 6.45) is 0.462. The largest absolute Gasteiger partial charge is 0.454 e. The molecular weight excluding hydrogens is 250 g/mol. The Morgan fingerprint density at radius 1 is 1.39 bits per heavy atom. The highest BCUT2D eigenvalue weighted by Crippen LogP contribution is 2.34. The summed E-state index contributed by atoms with van der Waals surface area (Å²) in [6.45, 7) is 2.86. The molecule has 1 aliphatic heterocycles. The van der Waals surface area contributed by atoms with E-state index >= 15 is 0 Å². The van der Waals surface area contributed by atoms with Crippen molar-refractivity contribution in [3.63, 3.8) is 0 Å². The van der Waals surface area contributed by atoms with Gasteiger partial charge in [-0.25, -0.2) is 0 Å². The van der Waals surface area contributed by atoms with E-state index in [4.69, 9.17) is 9.47 Å². The van der Waals surface area contributed by atoms with Crippen molar-refractivity contribution in [2.45, 2.75) is 19.9 Å². The van der Waals surface area contributed by atoms with Crippen molar-refractivity contribution >= 4 is 18.5 Å². The highest BCUT2D eigenvalue weighted by atomic mass is 32.1. The summed E-state index contributed by atoms with van der Waals surface area (Å²) in [7, 11) is 1.80. The van der Waals surface area contributed by atoms with Crippen molar-refractivity contribution in [1.29, 1.82) is 0 Å². The van der Waals surface area contributed by atoms with E-state index in [2.05, 4.69) is 12.6 Å². The fourth-order valence-electron chi connectivity index (χ4n) is 1.89. The summed E-state index contributed by atoms with van der Waals surface area (Å²) < 4.78 is 10.7. The number of hydrogen-bond donors (Lipinski definition) is 1. The molecule has 1 amide bonds. The number of benzene rings is 1. The second-order valence-electron chi connectivity index (χ2n) is 4.36. The molecule has 0 spiro atoms. The maximum Gasteiger partial charge on any atom is 0.231 e. The van der Waals surface area contributed by atoms with Crippen molar-refractivity contribution in [2.24, 2.45) is 0 Å². The zero-order valence-electron chi connectivity index (χ0n) is 10.6. The monoisotopic (exact) mass is 267 g/mol. The van der Waals surface area contributed by atoms with Crippen LogP contribution in [0.4, 0.5) is 0 Å². The van der Waals surface area contributed by atoms with Gasteiger partial charge in [0.15, 0.2) is 11.5 Å². The average molecular weight is 267 g/mol. The summed E-state index contributed by atoms with van der Waals surface area (Å²) in [5.41, 5.74) is 2.18. The zero-order valence-corrected chi connectivity index (χ0v) is 11.5. The second-order valence-corrected chi connectivity index (χ2v) is 4.80. The first-order chi connectivity index (χ1) is 8.61. The van der Waals surface area contributed by atoms with E-state index in [1.165, 1.54) is 0 Å². The van der Waals surface area contributed by atoms with Crippen LogP contribution < -0.4 is 9.47 Å². The molecule has 2 rings (SSSR count). The first kappa shape index (κ1) is 13.1. The molecule has 5 heteroatoms. The quantitative estimate of drug-likeness (QED) is 0.848. The topological polar surface area (TPSA) is 38.8 Å². The number of nitrogens with zero attached hydrogens (tertiary/aromatic N) is 1. The number of hydrogen-bond acceptors (Lipinski definition) is 4. The van der Waals surface area contributed by atoms with Crippen LogP contribution in [0.2, 0.25) is 0 Å². The highest BCUT2D eigenvalue weighted by molar-refractivity contribution is 7.80. The summed E-state index contributed by atoms with van der Waals surface area (Å²) in [5.74, 6) is 2.21. The number of thiol groups is 1. The van der Waals surface area contributed by atoms with Gasteiger partial charge in [0.25, 0.3) is 0 Å². The fourth-order valence-corrected chi connectivity index (χ4v) is 2.08. The summed E-state index contributed by atoms with van der Waals surface area (Å²) in [5, 5.41) is 0. The van der Waals surface area contributed by atoms with E-state index in [1.54, 1.807) is 11.9 Å². The van der Waals surface area contributed by atoms with Crippen LogP contribution in [0.5, 0.6) is 11.5 Å². The Hall–Kier alpha value is -1.36. The molecule has 0 aromatic heterocycles. The van der Waals surface area contributed by atoms with E-state index in [9.17, 15) is 4.79 Å². The Balaban J connectivity index is 2.12. The number of ether oxygens (including phenoxy) is 2. The van der Waals surface area contributed by atoms with Crippen LogP contribution in [0.15, 0.2) is 12.1 Å². The Kier molecular flexibility index (Phi) is 4.01. The number of carbonyl (C=O) groups excluding carboxylic acids is 1. The van der Waals surface area contributed by atoms with Gasteiger partial charge in [0.1, 0.15) is 0 Å². The lowest BCUT2D eigenvalue weighted by atomic mass is 10.1. The lowest BCUT2D eigenvalue weighted by Crippen LogP contribution is -2.26. The van der Waals surface area contributed by atoms with Crippen molar-refractivity contribution in [3.8, 4) is 11.5 Å². The number of amides is 1. The lowest BCUT2D eigenvalue weighted by molar-refractivity contribution is -0.129. The van der Waals surface area contributed by atoms with Gasteiger partial charge in [0, 0.05) is 20.0 Å². The van der Waals surface area contributed by atoms with E-state index in [1.807, 2.05) is 19.1 Å². The summed E-state index contributed by atoms with van der Waals surface area (Å²) in [6, 6.07) is 3.90. The third kappa shape index (κ3) is 2.72. The van der Waals surface area contributed by atoms with Gasteiger partial charge in [-0.05, 0) is 35.9 Å². The smallest absolute Gasteiger partial charge is 0.231 e. The number of aryl methyl sites for hydroxylation is 1. The molecule has 0 saturated heterocycles. The lowest BCUT2D eigenvalue weighted by Gasteiger charge is -2.18. The molecule has 1 aliphatic rings. The van der Waals surface area contributed by atoms with Crippen LogP contribution in [-0.2, 0) is 11.3 Å². The number of fused-ring (bicyclic) bond motifs is 1. The minimum absolute atomic E-state index is 0.0991. The molecule has 0 unspecified atom stereocenters. The Bertz CT molecular complexity index is 462. The molecule has 18 heavy (non-hydrogen) atoms. The molecule has 4 nitrogen and oxygen atoms in total. The van der Waals surface area contributed by atoms with Crippen molar-refractivity contribution in [1.82, 2.24) is 4.90 Å². The first-order valence-electron chi connectivity index (χ1n) is 5.85. The molecular formula is C13H17NO3S. The Morgan fingerprint density at radius 3 is 2.72 bits per heavy atom. The average Bonchev–Trinajstić information content (AvgIpc) is 2.76. The number of carbonyl (C=O) groups is 1. The van der Waals surface area contributed by atoms with Crippen LogP contribution in [0.1, 0.15) is 17.5 Å².